The van der Waals surface area contributed by atoms with Gasteiger partial charge in [-0.25, -0.2) is 4.79 Å². The molecule has 0 spiro atoms. The molecule has 3 aromatic rings. The number of carbonyl (C=O) groups is 1. The summed E-state index contributed by atoms with van der Waals surface area (Å²) in [7, 11) is 0. The Kier molecular flexibility index (Phi) is 5.73. The highest BCUT2D eigenvalue weighted by Gasteiger charge is 2.13. The quantitative estimate of drug-likeness (QED) is 0.428. The lowest BCUT2D eigenvalue weighted by molar-refractivity contribution is 0.0697. The summed E-state index contributed by atoms with van der Waals surface area (Å²) in [6.07, 6.45) is 3.89. The molecule has 0 bridgehead atoms. The van der Waals surface area contributed by atoms with Gasteiger partial charge < -0.3 is 9.67 Å². The van der Waals surface area contributed by atoms with Gasteiger partial charge in [0.1, 0.15) is 0 Å². The molecule has 0 saturated carbocycles. The standard InChI is InChI=1S/C21H19ClN2O2S/c1-13-10-15(12-23-19-6-4-5-7-20(19)27-3)14(2)24(13)16-8-9-17(21(25)26)18(22)11-16/h4-12H,1-3H3,(H,25,26). The average Bonchev–Trinajstić information content (AvgIpc) is 2.93. The van der Waals surface area contributed by atoms with E-state index in [2.05, 4.69) is 11.1 Å². The number of benzene rings is 2. The largest absolute Gasteiger partial charge is 0.478 e. The summed E-state index contributed by atoms with van der Waals surface area (Å²) >= 11 is 7.80. The van der Waals surface area contributed by atoms with E-state index < -0.39 is 5.97 Å². The highest BCUT2D eigenvalue weighted by atomic mass is 35.5. The van der Waals surface area contributed by atoms with Crippen molar-refractivity contribution in [1.82, 2.24) is 4.57 Å². The summed E-state index contributed by atoms with van der Waals surface area (Å²) < 4.78 is 2.04. The number of halogens is 1. The number of carboxylic acids is 1. The maximum Gasteiger partial charge on any atom is 0.337 e. The van der Waals surface area contributed by atoms with Crippen LogP contribution in [0.5, 0.6) is 0 Å². The second-order valence-corrected chi connectivity index (χ2v) is 7.32. The van der Waals surface area contributed by atoms with Gasteiger partial charge in [0, 0.05) is 33.7 Å². The zero-order chi connectivity index (χ0) is 19.6. The van der Waals surface area contributed by atoms with Crippen LogP contribution < -0.4 is 0 Å². The van der Waals surface area contributed by atoms with Crippen LogP contribution in [-0.2, 0) is 0 Å². The number of hydrogen-bond acceptors (Lipinski definition) is 3. The molecule has 0 atom stereocenters. The summed E-state index contributed by atoms with van der Waals surface area (Å²) in [5.41, 5.74) is 4.89. The molecule has 0 fully saturated rings. The van der Waals surface area contributed by atoms with Crippen molar-refractivity contribution in [2.24, 2.45) is 4.99 Å². The molecule has 0 amide bonds. The van der Waals surface area contributed by atoms with Gasteiger partial charge in [-0.3, -0.25) is 4.99 Å². The second-order valence-electron chi connectivity index (χ2n) is 6.06. The average molecular weight is 399 g/mol. The van der Waals surface area contributed by atoms with Crippen molar-refractivity contribution >= 4 is 41.2 Å². The van der Waals surface area contributed by atoms with Crippen LogP contribution in [0, 0.1) is 13.8 Å². The second kappa shape index (κ2) is 8.03. The van der Waals surface area contributed by atoms with Crippen LogP contribution in [0.15, 0.2) is 58.4 Å². The Balaban J connectivity index is 1.99. The normalized spacial score (nSPS) is 11.3. The fourth-order valence-corrected chi connectivity index (χ4v) is 3.81. The maximum absolute atomic E-state index is 11.2. The van der Waals surface area contributed by atoms with E-state index in [-0.39, 0.29) is 10.6 Å². The van der Waals surface area contributed by atoms with Gasteiger partial charge in [0.25, 0.3) is 0 Å². The Morgan fingerprint density at radius 1 is 1.19 bits per heavy atom. The van der Waals surface area contributed by atoms with Gasteiger partial charge >= 0.3 is 5.97 Å². The highest BCUT2D eigenvalue weighted by molar-refractivity contribution is 7.98. The molecule has 2 aromatic carbocycles. The SMILES string of the molecule is CSc1ccccc1N=Cc1cc(C)n(-c2ccc(C(=O)O)c(Cl)c2)c1C. The Morgan fingerprint density at radius 3 is 2.59 bits per heavy atom. The van der Waals surface area contributed by atoms with Crippen LogP contribution in [0.3, 0.4) is 0 Å². The van der Waals surface area contributed by atoms with Gasteiger partial charge in [-0.1, -0.05) is 23.7 Å². The smallest absolute Gasteiger partial charge is 0.337 e. The molecule has 1 N–H and O–H groups in total. The van der Waals surface area contributed by atoms with Crippen LogP contribution in [-0.4, -0.2) is 28.1 Å². The zero-order valence-electron chi connectivity index (χ0n) is 15.2. The fraction of sp³-hybridized carbons (Fsp3) is 0.143. The first-order valence-electron chi connectivity index (χ1n) is 8.31. The van der Waals surface area contributed by atoms with Crippen LogP contribution >= 0.6 is 23.4 Å². The molecule has 27 heavy (non-hydrogen) atoms. The predicted molar refractivity (Wildman–Crippen MR) is 113 cm³/mol. The number of carboxylic acid groups (broad SMARTS) is 1. The molecule has 1 aromatic heterocycles. The number of aromatic nitrogens is 1. The molecule has 1 heterocycles. The third-order valence-electron chi connectivity index (χ3n) is 4.34. The third-order valence-corrected chi connectivity index (χ3v) is 5.44. The van der Waals surface area contributed by atoms with E-state index in [1.165, 1.54) is 6.07 Å². The van der Waals surface area contributed by atoms with Crippen molar-refractivity contribution in [3.05, 3.63) is 76.1 Å². The minimum atomic E-state index is -1.03. The van der Waals surface area contributed by atoms with E-state index in [1.807, 2.05) is 55.2 Å². The van der Waals surface area contributed by atoms with Gasteiger partial charge in [-0.15, -0.1) is 11.8 Å². The molecule has 6 heteroatoms. The number of thioether (sulfide) groups is 1. The number of nitrogens with zero attached hydrogens (tertiary/aromatic N) is 2. The lowest BCUT2D eigenvalue weighted by Gasteiger charge is -2.11. The van der Waals surface area contributed by atoms with Crippen molar-refractivity contribution in [2.45, 2.75) is 18.7 Å². The fourth-order valence-electron chi connectivity index (χ4n) is 3.01. The van der Waals surface area contributed by atoms with Crippen molar-refractivity contribution in [3.8, 4) is 5.69 Å². The van der Waals surface area contributed by atoms with Gasteiger partial charge in [0.15, 0.2) is 0 Å². The lowest BCUT2D eigenvalue weighted by Crippen LogP contribution is -2.02. The van der Waals surface area contributed by atoms with Crippen molar-refractivity contribution in [3.63, 3.8) is 0 Å². The number of rotatable bonds is 5. The molecule has 4 nitrogen and oxygen atoms in total. The van der Waals surface area contributed by atoms with Gasteiger partial charge in [-0.05, 0) is 56.5 Å². The Morgan fingerprint density at radius 2 is 1.93 bits per heavy atom. The number of aryl methyl sites for hydroxylation is 1. The van der Waals surface area contributed by atoms with Crippen LogP contribution in [0.25, 0.3) is 5.69 Å². The first-order valence-corrected chi connectivity index (χ1v) is 9.92. The Hall–Kier alpha value is -2.50. The first-order chi connectivity index (χ1) is 12.9. The maximum atomic E-state index is 11.2. The summed E-state index contributed by atoms with van der Waals surface area (Å²) in [5.74, 6) is -1.03. The molecular weight excluding hydrogens is 380 g/mol. The van der Waals surface area contributed by atoms with Gasteiger partial charge in [0.05, 0.1) is 16.3 Å². The van der Waals surface area contributed by atoms with Crippen LogP contribution in [0.4, 0.5) is 5.69 Å². The molecule has 0 aliphatic heterocycles. The van der Waals surface area contributed by atoms with Crippen molar-refractivity contribution < 1.29 is 9.90 Å². The lowest BCUT2D eigenvalue weighted by atomic mass is 10.2. The Bertz CT molecular complexity index is 1040. The molecular formula is C21H19ClN2O2S. The number of aromatic carboxylic acids is 1. The van der Waals surface area contributed by atoms with Gasteiger partial charge in [0.2, 0.25) is 0 Å². The van der Waals surface area contributed by atoms with E-state index in [0.29, 0.717) is 0 Å². The van der Waals surface area contributed by atoms with E-state index >= 15 is 0 Å². The number of hydrogen-bond donors (Lipinski definition) is 1. The molecule has 0 unspecified atom stereocenters. The minimum absolute atomic E-state index is 0.0957. The van der Waals surface area contributed by atoms with Gasteiger partial charge in [-0.2, -0.15) is 0 Å². The molecule has 0 radical (unpaired) electrons. The predicted octanol–water partition coefficient (Wildman–Crippen LogP) is 5.92. The molecule has 138 valence electrons. The molecule has 0 saturated heterocycles. The van der Waals surface area contributed by atoms with E-state index in [0.717, 1.165) is 33.2 Å². The van der Waals surface area contributed by atoms with Crippen molar-refractivity contribution in [2.75, 3.05) is 6.26 Å². The number of para-hydroxylation sites is 1. The van der Waals surface area contributed by atoms with Crippen LogP contribution in [0.2, 0.25) is 5.02 Å². The van der Waals surface area contributed by atoms with E-state index in [1.54, 1.807) is 23.9 Å². The molecule has 0 aliphatic rings. The Labute approximate surface area is 167 Å². The molecule has 3 rings (SSSR count). The highest BCUT2D eigenvalue weighted by Crippen LogP contribution is 2.28. The summed E-state index contributed by atoms with van der Waals surface area (Å²) in [4.78, 5) is 16.9. The van der Waals surface area contributed by atoms with Crippen molar-refractivity contribution in [1.29, 1.82) is 0 Å². The topological polar surface area (TPSA) is 54.6 Å². The zero-order valence-corrected chi connectivity index (χ0v) is 16.8. The third kappa shape index (κ3) is 3.94. The number of aliphatic imine (C=N–C) groups is 1. The molecule has 0 aliphatic carbocycles. The first kappa shape index (κ1) is 19.3. The minimum Gasteiger partial charge on any atom is -0.478 e. The monoisotopic (exact) mass is 398 g/mol. The summed E-state index contributed by atoms with van der Waals surface area (Å²) in [6, 6.07) is 15.0. The summed E-state index contributed by atoms with van der Waals surface area (Å²) in [5, 5.41) is 9.37. The summed E-state index contributed by atoms with van der Waals surface area (Å²) in [6.45, 7) is 4.01. The van der Waals surface area contributed by atoms with Crippen LogP contribution in [0.1, 0.15) is 27.3 Å². The van der Waals surface area contributed by atoms with E-state index in [4.69, 9.17) is 16.7 Å². The van der Waals surface area contributed by atoms with E-state index in [9.17, 15) is 4.79 Å².